The van der Waals surface area contributed by atoms with Gasteiger partial charge in [-0.2, -0.15) is 9.59 Å². The molecule has 14 heavy (non-hydrogen) atoms. The molecular formula is C6H28N4O4. The van der Waals surface area contributed by atoms with Gasteiger partial charge in [-0.05, 0) is 0 Å². The molecular weight excluding hydrogens is 192 g/mol. The summed E-state index contributed by atoms with van der Waals surface area (Å²) in [5, 5.41) is 0. The van der Waals surface area contributed by atoms with Gasteiger partial charge in [0.05, 0.1) is 0 Å². The van der Waals surface area contributed by atoms with Crippen LogP contribution in [0.1, 0.15) is 29.7 Å². The Kier molecular flexibility index (Phi) is 1910. The Morgan fingerprint density at radius 3 is 0.857 bits per heavy atom. The van der Waals surface area contributed by atoms with Gasteiger partial charge in [0.25, 0.3) is 0 Å². The van der Waals surface area contributed by atoms with Crippen LogP contribution in [0.3, 0.4) is 0 Å². The third kappa shape index (κ3) is 443. The number of rotatable bonds is 0. The first-order chi connectivity index (χ1) is 3.15. The zero-order valence-electron chi connectivity index (χ0n) is 5.29. The van der Waals surface area contributed by atoms with Crippen molar-refractivity contribution in [3.8, 4) is 0 Å². The van der Waals surface area contributed by atoms with E-state index in [0.29, 0.717) is 0 Å². The summed E-state index contributed by atoms with van der Waals surface area (Å²) in [5.41, 5.74) is 8.50. The third-order valence-electron chi connectivity index (χ3n) is 0. The minimum atomic E-state index is -0.833. The smallest absolute Gasteiger partial charge is 0.373 e. The standard InChI is InChI=1S/CH4N2O.CO2.4CH4.2H3N.H2O/c2-1(3)4;2-1-3;;;;;;;/h(H4,2,3,4);;4*1H4;2*1H3;1H2. The molecule has 12 N–H and O–H groups in total. The van der Waals surface area contributed by atoms with Crippen molar-refractivity contribution in [2.24, 2.45) is 11.5 Å². The van der Waals surface area contributed by atoms with Crippen LogP contribution < -0.4 is 23.8 Å². The van der Waals surface area contributed by atoms with Gasteiger partial charge in [0, 0.05) is 0 Å². The lowest BCUT2D eigenvalue weighted by Crippen LogP contribution is -2.18. The fourth-order valence-corrected chi connectivity index (χ4v) is 0. The normalized spacial score (nSPS) is 2.29. The van der Waals surface area contributed by atoms with Crippen molar-refractivity contribution < 1.29 is 19.9 Å². The molecule has 0 fully saturated rings. The minimum Gasteiger partial charge on any atom is -0.412 e. The third-order valence-corrected chi connectivity index (χ3v) is 0. The number of carbonyl (C=O) groups excluding carboxylic acids is 3. The van der Waals surface area contributed by atoms with Crippen LogP contribution in [-0.4, -0.2) is 17.7 Å². The fourth-order valence-electron chi connectivity index (χ4n) is 0. The topological polar surface area (TPSA) is 205 Å². The molecule has 8 nitrogen and oxygen atoms in total. The van der Waals surface area contributed by atoms with Crippen LogP contribution in [0, 0.1) is 0 Å². The van der Waals surface area contributed by atoms with Crippen molar-refractivity contribution in [1.29, 1.82) is 0 Å². The summed E-state index contributed by atoms with van der Waals surface area (Å²) in [6.45, 7) is 0. The number of hydrogen-bond acceptors (Lipinski definition) is 5. The molecule has 0 bridgehead atoms. The predicted molar refractivity (Wildman–Crippen MR) is 59.4 cm³/mol. The van der Waals surface area contributed by atoms with Gasteiger partial charge >= 0.3 is 12.2 Å². The first-order valence-electron chi connectivity index (χ1n) is 1.19. The van der Waals surface area contributed by atoms with E-state index >= 15 is 0 Å². The number of nitrogens with two attached hydrogens (primary N) is 2. The first kappa shape index (κ1) is 134. The highest BCUT2D eigenvalue weighted by molar-refractivity contribution is 5.69. The lowest BCUT2D eigenvalue weighted by atomic mass is 11.2. The van der Waals surface area contributed by atoms with E-state index < -0.39 is 6.03 Å². The van der Waals surface area contributed by atoms with E-state index in [0.717, 1.165) is 0 Å². The second-order valence-corrected chi connectivity index (χ2v) is 0.486. The number of urea groups is 1. The number of carbonyl (C=O) groups is 1. The van der Waals surface area contributed by atoms with E-state index in [1.807, 2.05) is 0 Å². The molecule has 0 aliphatic rings. The Morgan fingerprint density at radius 2 is 0.857 bits per heavy atom. The highest BCUT2D eigenvalue weighted by atomic mass is 16.2. The van der Waals surface area contributed by atoms with Gasteiger partial charge in [-0.1, -0.05) is 29.7 Å². The van der Waals surface area contributed by atoms with Gasteiger partial charge in [0.2, 0.25) is 0 Å². The molecule has 0 aliphatic heterocycles. The van der Waals surface area contributed by atoms with Crippen LogP contribution in [-0.2, 0) is 9.59 Å². The Hall–Kier alpha value is -1.47. The SMILES string of the molecule is C.C.C.C.N.N.NC(N)=O.O.O=C=O. The summed E-state index contributed by atoms with van der Waals surface area (Å²) in [5.74, 6) is 0. The van der Waals surface area contributed by atoms with Crippen LogP contribution in [0.2, 0.25) is 0 Å². The maximum Gasteiger partial charge on any atom is 0.373 e. The lowest BCUT2D eigenvalue weighted by Gasteiger charge is -1.62. The summed E-state index contributed by atoms with van der Waals surface area (Å²) in [6.07, 6.45) is 0.250. The molecule has 0 heterocycles. The van der Waals surface area contributed by atoms with Gasteiger partial charge in [0.15, 0.2) is 0 Å². The van der Waals surface area contributed by atoms with Crippen molar-refractivity contribution in [3.05, 3.63) is 0 Å². The van der Waals surface area contributed by atoms with Gasteiger partial charge in [-0.15, -0.1) is 0 Å². The Morgan fingerprint density at radius 1 is 0.857 bits per heavy atom. The van der Waals surface area contributed by atoms with Gasteiger partial charge < -0.3 is 29.2 Å². The fraction of sp³-hybridized carbons (Fsp3) is 0.667. The molecule has 0 saturated heterocycles. The lowest BCUT2D eigenvalue weighted by molar-refractivity contribution is -0.191. The second kappa shape index (κ2) is 200. The molecule has 8 heteroatoms. The average molecular weight is 220 g/mol. The van der Waals surface area contributed by atoms with E-state index in [2.05, 4.69) is 11.5 Å². The van der Waals surface area contributed by atoms with Crippen molar-refractivity contribution in [1.82, 2.24) is 12.3 Å². The second-order valence-electron chi connectivity index (χ2n) is 0.486. The summed E-state index contributed by atoms with van der Waals surface area (Å²) < 4.78 is 0. The van der Waals surface area contributed by atoms with Crippen LogP contribution in [0.5, 0.6) is 0 Å². The molecule has 0 aromatic heterocycles. The maximum atomic E-state index is 9.00. The van der Waals surface area contributed by atoms with Crippen molar-refractivity contribution in [2.75, 3.05) is 0 Å². The number of amides is 2. The Labute approximate surface area is 86.5 Å². The monoisotopic (exact) mass is 220 g/mol. The van der Waals surface area contributed by atoms with E-state index in [4.69, 9.17) is 14.4 Å². The highest BCUT2D eigenvalue weighted by Crippen LogP contribution is 1.25. The summed E-state index contributed by atoms with van der Waals surface area (Å²) in [4.78, 5) is 25.2. The zero-order chi connectivity index (χ0) is 6.28. The molecule has 0 spiro atoms. The predicted octanol–water partition coefficient (Wildman–Crippen LogP) is 0.484. The molecule has 2 amide bonds. The molecule has 0 rings (SSSR count). The van der Waals surface area contributed by atoms with Crippen LogP contribution in [0.25, 0.3) is 0 Å². The molecule has 0 unspecified atom stereocenters. The van der Waals surface area contributed by atoms with E-state index in [1.165, 1.54) is 0 Å². The van der Waals surface area contributed by atoms with Crippen molar-refractivity contribution >= 4 is 12.2 Å². The van der Waals surface area contributed by atoms with Crippen molar-refractivity contribution in [2.45, 2.75) is 29.7 Å². The summed E-state index contributed by atoms with van der Waals surface area (Å²) in [6, 6.07) is -0.833. The van der Waals surface area contributed by atoms with E-state index in [-0.39, 0.29) is 53.6 Å². The summed E-state index contributed by atoms with van der Waals surface area (Å²) in [7, 11) is 0. The van der Waals surface area contributed by atoms with Gasteiger partial charge in [-0.25, -0.2) is 4.79 Å². The molecule has 0 aromatic carbocycles. The molecule has 0 atom stereocenters. The van der Waals surface area contributed by atoms with Gasteiger partial charge in [0.1, 0.15) is 0 Å². The minimum absolute atomic E-state index is 0. The van der Waals surface area contributed by atoms with Crippen LogP contribution >= 0.6 is 0 Å². The van der Waals surface area contributed by atoms with E-state index in [1.54, 1.807) is 0 Å². The van der Waals surface area contributed by atoms with Crippen LogP contribution in [0.4, 0.5) is 4.79 Å². The zero-order valence-corrected chi connectivity index (χ0v) is 5.29. The Bertz CT molecular complexity index is 89.8. The van der Waals surface area contributed by atoms with Crippen LogP contribution in [0.15, 0.2) is 0 Å². The largest absolute Gasteiger partial charge is 0.412 e. The average Bonchev–Trinajstić information content (AvgIpc) is 1.33. The molecule has 0 aromatic rings. The molecule has 0 aliphatic carbocycles. The first-order valence-corrected chi connectivity index (χ1v) is 1.19. The maximum absolute atomic E-state index is 9.00. The molecule has 0 radical (unpaired) electrons. The van der Waals surface area contributed by atoms with Crippen molar-refractivity contribution in [3.63, 3.8) is 0 Å². The number of primary amides is 2. The molecule has 96 valence electrons. The van der Waals surface area contributed by atoms with Gasteiger partial charge in [-0.3, -0.25) is 0 Å². The Balaban J connectivity index is -0.00000000344. The van der Waals surface area contributed by atoms with E-state index in [9.17, 15) is 0 Å². The molecule has 0 saturated carbocycles. The summed E-state index contributed by atoms with van der Waals surface area (Å²) >= 11 is 0. The number of hydrogen-bond donors (Lipinski definition) is 4. The quantitative estimate of drug-likeness (QED) is 0.458. The highest BCUT2D eigenvalue weighted by Gasteiger charge is 1.60.